The van der Waals surface area contributed by atoms with Crippen LogP contribution in [0.25, 0.3) is 0 Å². The van der Waals surface area contributed by atoms with E-state index >= 15 is 0 Å². The highest BCUT2D eigenvalue weighted by Crippen LogP contribution is 2.47. The molecular weight excluding hydrogens is 803 g/mol. The summed E-state index contributed by atoms with van der Waals surface area (Å²) in [5.74, 6) is -1.11. The Balaban J connectivity index is 2.43. The smallest absolute Gasteiger partial charge is 0.462 e. The summed E-state index contributed by atoms with van der Waals surface area (Å²) in [5.41, 5.74) is 0. The molecule has 1 rings (SSSR count). The van der Waals surface area contributed by atoms with Crippen LogP contribution in [-0.2, 0) is 32.7 Å². The first-order chi connectivity index (χ1) is 29.4. The van der Waals surface area contributed by atoms with E-state index in [4.69, 9.17) is 18.5 Å². The quantitative estimate of drug-likeness (QED) is 0.0147. The zero-order valence-corrected chi connectivity index (χ0v) is 38.9. The van der Waals surface area contributed by atoms with Gasteiger partial charge in [-0.15, -0.1) is 0 Å². The van der Waals surface area contributed by atoms with Crippen LogP contribution in [0.15, 0.2) is 24.3 Å². The summed E-state index contributed by atoms with van der Waals surface area (Å²) in [5, 5.41) is 50.2. The first kappa shape index (κ1) is 57.3. The fourth-order valence-corrected chi connectivity index (χ4v) is 8.31. The molecule has 14 heteroatoms. The maximum atomic E-state index is 12.8. The van der Waals surface area contributed by atoms with Gasteiger partial charge < -0.3 is 39.9 Å². The molecule has 0 heterocycles. The minimum Gasteiger partial charge on any atom is -0.462 e. The number of ether oxygens (including phenoxy) is 2. The molecule has 1 aliphatic carbocycles. The third kappa shape index (κ3) is 30.2. The number of aliphatic hydroxyl groups is 5. The number of aliphatic hydroxyl groups excluding tert-OH is 5. The van der Waals surface area contributed by atoms with Crippen molar-refractivity contribution in [2.45, 2.75) is 249 Å². The Morgan fingerprint density at radius 3 is 1.26 bits per heavy atom. The van der Waals surface area contributed by atoms with Gasteiger partial charge in [0.15, 0.2) is 6.10 Å². The number of phosphoric ester groups is 1. The Hall–Kier alpha value is -1.67. The van der Waals surface area contributed by atoms with Crippen LogP contribution < -0.4 is 0 Å². The minimum absolute atomic E-state index is 0.0947. The zero-order valence-electron chi connectivity index (χ0n) is 38.0. The number of hydrogen-bond acceptors (Lipinski definition) is 12. The fraction of sp³-hybridized carbons (Fsp3) is 0.872. The molecule has 13 nitrogen and oxygen atoms in total. The largest absolute Gasteiger partial charge is 0.472 e. The van der Waals surface area contributed by atoms with E-state index in [2.05, 4.69) is 38.2 Å². The first-order valence-electron chi connectivity index (χ1n) is 24.1. The molecule has 0 spiro atoms. The van der Waals surface area contributed by atoms with E-state index in [1.54, 1.807) is 0 Å². The van der Waals surface area contributed by atoms with Gasteiger partial charge in [-0.1, -0.05) is 154 Å². The molecule has 1 fully saturated rings. The van der Waals surface area contributed by atoms with Crippen molar-refractivity contribution < 1.29 is 63.1 Å². The summed E-state index contributed by atoms with van der Waals surface area (Å²) in [6.07, 6.45) is 28.0. The standard InChI is InChI=1S/C47H87O13P/c1-3-5-7-9-11-13-15-17-18-19-20-21-22-24-26-28-30-32-34-36-41(49)59-39(38-58-61(55,56)60-47-45(53)43(51)42(50)44(52)46(47)54)37-57-40(48)35-33-31-29-27-25-23-16-14-12-10-8-6-4-2/h14,16-18,39,42-47,50-54H,3-13,15,19-38H2,1-2H3,(H,55,56)/b16-14+,18-17+/t39-,42?,43+,44?,45?,46?,47?/m1/s1. The normalized spacial score (nSPS) is 22.2. The second-order valence-corrected chi connectivity index (χ2v) is 18.4. The van der Waals surface area contributed by atoms with Gasteiger partial charge in [0.2, 0.25) is 0 Å². The molecule has 0 radical (unpaired) electrons. The molecule has 0 saturated heterocycles. The molecule has 0 bridgehead atoms. The average molecular weight is 891 g/mol. The van der Waals surface area contributed by atoms with Gasteiger partial charge >= 0.3 is 19.8 Å². The molecule has 61 heavy (non-hydrogen) atoms. The van der Waals surface area contributed by atoms with Crippen molar-refractivity contribution in [2.24, 2.45) is 0 Å². The monoisotopic (exact) mass is 891 g/mol. The SMILES string of the molecule is CCCCCC/C=C/CCCCCCCC(=O)OC[C@H](COP(=O)(O)OC1C(O)C(O)C(O)[C@H](O)C1O)OC(=O)CCCCCCCCCCC/C=C/CCCCCCCC. The fourth-order valence-electron chi connectivity index (χ4n) is 7.34. The second kappa shape index (κ2) is 37.7. The average Bonchev–Trinajstić information content (AvgIpc) is 3.24. The lowest BCUT2D eigenvalue weighted by molar-refractivity contribution is -0.220. The molecule has 6 unspecified atom stereocenters. The van der Waals surface area contributed by atoms with Gasteiger partial charge in [0.25, 0.3) is 0 Å². The van der Waals surface area contributed by atoms with Gasteiger partial charge in [0.05, 0.1) is 6.61 Å². The lowest BCUT2D eigenvalue weighted by Crippen LogP contribution is -2.64. The van der Waals surface area contributed by atoms with Crippen LogP contribution in [0.2, 0.25) is 0 Å². The number of rotatable bonds is 40. The third-order valence-corrected chi connectivity index (χ3v) is 12.3. The molecule has 1 aliphatic rings. The highest BCUT2D eigenvalue weighted by molar-refractivity contribution is 7.47. The van der Waals surface area contributed by atoms with Crippen LogP contribution in [-0.4, -0.2) is 98.3 Å². The summed E-state index contributed by atoms with van der Waals surface area (Å²) in [6, 6.07) is 0. The van der Waals surface area contributed by atoms with Crippen LogP contribution in [0, 0.1) is 0 Å². The van der Waals surface area contributed by atoms with E-state index in [0.717, 1.165) is 70.6 Å². The molecule has 358 valence electrons. The first-order valence-corrected chi connectivity index (χ1v) is 25.6. The van der Waals surface area contributed by atoms with Crippen molar-refractivity contribution in [2.75, 3.05) is 13.2 Å². The van der Waals surface area contributed by atoms with Crippen LogP contribution in [0.4, 0.5) is 0 Å². The molecule has 0 aliphatic heterocycles. The van der Waals surface area contributed by atoms with Crippen molar-refractivity contribution in [1.82, 2.24) is 0 Å². The van der Waals surface area contributed by atoms with E-state index in [9.17, 15) is 44.6 Å². The van der Waals surface area contributed by atoms with Gasteiger partial charge in [0.1, 0.15) is 43.2 Å². The lowest BCUT2D eigenvalue weighted by atomic mass is 9.85. The van der Waals surface area contributed by atoms with Crippen molar-refractivity contribution in [3.63, 3.8) is 0 Å². The highest BCUT2D eigenvalue weighted by Gasteiger charge is 2.51. The predicted molar refractivity (Wildman–Crippen MR) is 240 cm³/mol. The van der Waals surface area contributed by atoms with Gasteiger partial charge in [-0.25, -0.2) is 4.57 Å². The summed E-state index contributed by atoms with van der Waals surface area (Å²) >= 11 is 0. The topological polar surface area (TPSA) is 210 Å². The lowest BCUT2D eigenvalue weighted by Gasteiger charge is -2.41. The van der Waals surface area contributed by atoms with Crippen LogP contribution >= 0.6 is 7.82 Å². The van der Waals surface area contributed by atoms with E-state index < -0.39 is 75.7 Å². The number of phosphoric acid groups is 1. The number of esters is 2. The van der Waals surface area contributed by atoms with Gasteiger partial charge in [0, 0.05) is 12.8 Å². The van der Waals surface area contributed by atoms with E-state index in [-0.39, 0.29) is 12.8 Å². The Morgan fingerprint density at radius 2 is 0.836 bits per heavy atom. The van der Waals surface area contributed by atoms with Crippen molar-refractivity contribution in [3.05, 3.63) is 24.3 Å². The Labute approximate surface area is 368 Å². The van der Waals surface area contributed by atoms with Gasteiger partial charge in [-0.2, -0.15) is 0 Å². The molecule has 1 saturated carbocycles. The highest BCUT2D eigenvalue weighted by atomic mass is 31.2. The number of carbonyl (C=O) groups is 2. The maximum absolute atomic E-state index is 12.8. The van der Waals surface area contributed by atoms with Gasteiger partial charge in [-0.3, -0.25) is 18.6 Å². The number of hydrogen-bond donors (Lipinski definition) is 6. The van der Waals surface area contributed by atoms with Crippen molar-refractivity contribution >= 4 is 19.8 Å². The number of unbranched alkanes of at least 4 members (excludes halogenated alkanes) is 24. The summed E-state index contributed by atoms with van der Waals surface area (Å²) in [6.45, 7) is 3.28. The van der Waals surface area contributed by atoms with Crippen LogP contribution in [0.3, 0.4) is 0 Å². The van der Waals surface area contributed by atoms with E-state index in [0.29, 0.717) is 12.8 Å². The Morgan fingerprint density at radius 1 is 0.492 bits per heavy atom. The Bertz CT molecular complexity index is 1170. The van der Waals surface area contributed by atoms with Crippen LogP contribution in [0.1, 0.15) is 206 Å². The third-order valence-electron chi connectivity index (χ3n) is 11.3. The second-order valence-electron chi connectivity index (χ2n) is 17.0. The molecule has 0 aromatic heterocycles. The molecule has 0 amide bonds. The minimum atomic E-state index is -5.12. The molecule has 0 aromatic carbocycles. The molecule has 6 N–H and O–H groups in total. The summed E-state index contributed by atoms with van der Waals surface area (Å²) < 4.78 is 33.5. The Kier molecular flexibility index (Phi) is 35.4. The number of carbonyl (C=O) groups excluding carboxylic acids is 2. The predicted octanol–water partition coefficient (Wildman–Crippen LogP) is 9.62. The molecule has 0 aromatic rings. The van der Waals surface area contributed by atoms with E-state index in [1.165, 1.54) is 96.3 Å². The number of allylic oxidation sites excluding steroid dienone is 4. The van der Waals surface area contributed by atoms with Crippen molar-refractivity contribution in [3.8, 4) is 0 Å². The summed E-state index contributed by atoms with van der Waals surface area (Å²) in [7, 11) is -5.12. The van der Waals surface area contributed by atoms with Crippen LogP contribution in [0.5, 0.6) is 0 Å². The zero-order chi connectivity index (χ0) is 45.0. The van der Waals surface area contributed by atoms with E-state index in [1.807, 2.05) is 0 Å². The van der Waals surface area contributed by atoms with Crippen molar-refractivity contribution in [1.29, 1.82) is 0 Å². The maximum Gasteiger partial charge on any atom is 0.472 e. The van der Waals surface area contributed by atoms with Gasteiger partial charge in [-0.05, 0) is 64.2 Å². The molecule has 8 atom stereocenters. The summed E-state index contributed by atoms with van der Waals surface area (Å²) in [4.78, 5) is 35.7. The molecular formula is C47H87O13P.